The van der Waals surface area contributed by atoms with Crippen molar-refractivity contribution in [1.82, 2.24) is 5.32 Å². The zero-order chi connectivity index (χ0) is 12.3. The number of halogens is 1. The summed E-state index contributed by atoms with van der Waals surface area (Å²) in [6.45, 7) is 5.82. The fraction of sp³-hybridized carbons (Fsp3) is 0.538. The van der Waals surface area contributed by atoms with Crippen LogP contribution in [0.5, 0.6) is 0 Å². The summed E-state index contributed by atoms with van der Waals surface area (Å²) in [4.78, 5) is 2.39. The minimum Gasteiger partial charge on any atom is -0.383 e. The van der Waals surface area contributed by atoms with Gasteiger partial charge in [0.05, 0.1) is 12.6 Å². The molecule has 0 bridgehead atoms. The molecule has 0 aromatic heterocycles. The van der Waals surface area contributed by atoms with Crippen molar-refractivity contribution in [1.29, 1.82) is 0 Å². The van der Waals surface area contributed by atoms with E-state index in [-0.39, 0.29) is 0 Å². The highest BCUT2D eigenvalue weighted by Gasteiger charge is 2.23. The van der Waals surface area contributed by atoms with E-state index in [0.717, 1.165) is 31.3 Å². The van der Waals surface area contributed by atoms with Crippen molar-refractivity contribution in [2.45, 2.75) is 13.0 Å². The average molecular weight is 255 g/mol. The van der Waals surface area contributed by atoms with Gasteiger partial charge in [-0.1, -0.05) is 17.7 Å². The van der Waals surface area contributed by atoms with Gasteiger partial charge in [0.1, 0.15) is 0 Å². The van der Waals surface area contributed by atoms with Crippen LogP contribution in [0.2, 0.25) is 5.02 Å². The Bertz CT molecular complexity index is 382. The van der Waals surface area contributed by atoms with Gasteiger partial charge < -0.3 is 15.0 Å². The molecule has 17 heavy (non-hydrogen) atoms. The molecule has 0 aliphatic carbocycles. The summed E-state index contributed by atoms with van der Waals surface area (Å²) in [5, 5.41) is 4.19. The second kappa shape index (κ2) is 5.71. The molecule has 1 fully saturated rings. The highest BCUT2D eigenvalue weighted by Crippen LogP contribution is 2.26. The van der Waals surface area contributed by atoms with Crippen LogP contribution in [0.4, 0.5) is 5.69 Å². The maximum absolute atomic E-state index is 6.09. The first-order valence-corrected chi connectivity index (χ1v) is 6.32. The van der Waals surface area contributed by atoms with Gasteiger partial charge in [-0.15, -0.1) is 0 Å². The molecule has 1 aliphatic rings. The van der Waals surface area contributed by atoms with Crippen LogP contribution in [0, 0.1) is 6.92 Å². The van der Waals surface area contributed by atoms with E-state index < -0.39 is 0 Å². The molecule has 1 aliphatic heterocycles. The second-order valence-electron chi connectivity index (χ2n) is 4.44. The van der Waals surface area contributed by atoms with E-state index in [2.05, 4.69) is 23.2 Å². The van der Waals surface area contributed by atoms with E-state index in [1.165, 1.54) is 11.3 Å². The Labute approximate surface area is 108 Å². The van der Waals surface area contributed by atoms with Crippen LogP contribution >= 0.6 is 11.6 Å². The zero-order valence-electron chi connectivity index (χ0n) is 10.4. The van der Waals surface area contributed by atoms with E-state index in [1.54, 1.807) is 7.11 Å². The number of methoxy groups -OCH3 is 1. The summed E-state index contributed by atoms with van der Waals surface area (Å²) in [6, 6.07) is 6.44. The number of nitrogens with zero attached hydrogens (tertiary/aromatic N) is 1. The number of benzene rings is 1. The number of rotatable bonds is 3. The molecule has 0 saturated carbocycles. The molecule has 1 N–H and O–H groups in total. The Balaban J connectivity index is 2.25. The fourth-order valence-corrected chi connectivity index (χ4v) is 2.48. The van der Waals surface area contributed by atoms with E-state index >= 15 is 0 Å². The summed E-state index contributed by atoms with van der Waals surface area (Å²) < 4.78 is 5.29. The minimum absolute atomic E-state index is 0.380. The zero-order valence-corrected chi connectivity index (χ0v) is 11.1. The van der Waals surface area contributed by atoms with E-state index in [1.807, 2.05) is 12.1 Å². The SMILES string of the molecule is COCC1CNCCN1c1cc(Cl)ccc1C. The molecule has 1 unspecified atom stereocenters. The molecular formula is C13H19ClN2O. The van der Waals surface area contributed by atoms with Gasteiger partial charge in [-0.25, -0.2) is 0 Å². The molecule has 0 radical (unpaired) electrons. The van der Waals surface area contributed by atoms with Crippen LogP contribution in [0.3, 0.4) is 0 Å². The third-order valence-electron chi connectivity index (χ3n) is 3.19. The lowest BCUT2D eigenvalue weighted by Crippen LogP contribution is -2.53. The van der Waals surface area contributed by atoms with E-state index in [0.29, 0.717) is 6.04 Å². The molecule has 1 atom stereocenters. The van der Waals surface area contributed by atoms with Gasteiger partial charge in [-0.3, -0.25) is 0 Å². The van der Waals surface area contributed by atoms with Crippen LogP contribution in [0.15, 0.2) is 18.2 Å². The lowest BCUT2D eigenvalue weighted by Gasteiger charge is -2.38. The molecule has 1 saturated heterocycles. The van der Waals surface area contributed by atoms with Gasteiger partial charge >= 0.3 is 0 Å². The smallest absolute Gasteiger partial charge is 0.0678 e. The average Bonchev–Trinajstić information content (AvgIpc) is 2.34. The molecule has 2 rings (SSSR count). The summed E-state index contributed by atoms with van der Waals surface area (Å²) in [5.41, 5.74) is 2.48. The van der Waals surface area contributed by atoms with Gasteiger partial charge in [0.15, 0.2) is 0 Å². The maximum atomic E-state index is 6.09. The van der Waals surface area contributed by atoms with Crippen LogP contribution in [-0.4, -0.2) is 39.4 Å². The standard InChI is InChI=1S/C13H19ClN2O/c1-10-3-4-11(14)7-13(10)16-6-5-15-8-12(16)9-17-2/h3-4,7,12,15H,5-6,8-9H2,1-2H3. The van der Waals surface area contributed by atoms with Crippen LogP contribution in [0.25, 0.3) is 0 Å². The molecule has 0 spiro atoms. The van der Waals surface area contributed by atoms with Gasteiger partial charge in [-0.2, -0.15) is 0 Å². The number of nitrogens with one attached hydrogen (secondary N) is 1. The molecule has 1 aromatic rings. The Morgan fingerprint density at radius 3 is 3.12 bits per heavy atom. The monoisotopic (exact) mass is 254 g/mol. The van der Waals surface area contributed by atoms with Crippen molar-refractivity contribution in [3.8, 4) is 0 Å². The van der Waals surface area contributed by atoms with Crippen molar-refractivity contribution in [3.05, 3.63) is 28.8 Å². The quantitative estimate of drug-likeness (QED) is 0.894. The predicted molar refractivity (Wildman–Crippen MR) is 72.1 cm³/mol. The molecule has 4 heteroatoms. The largest absolute Gasteiger partial charge is 0.383 e. The summed E-state index contributed by atoms with van der Waals surface area (Å²) in [7, 11) is 1.75. The molecule has 94 valence electrons. The predicted octanol–water partition coefficient (Wildman–Crippen LogP) is 2.07. The van der Waals surface area contributed by atoms with Gasteiger partial charge in [0, 0.05) is 37.5 Å². The number of ether oxygens (including phenoxy) is 1. The lowest BCUT2D eigenvalue weighted by molar-refractivity contribution is 0.170. The number of anilines is 1. The van der Waals surface area contributed by atoms with Crippen molar-refractivity contribution in [2.75, 3.05) is 38.3 Å². The molecule has 0 amide bonds. The normalized spacial score (nSPS) is 20.6. The number of piperazine rings is 1. The van der Waals surface area contributed by atoms with Crippen molar-refractivity contribution >= 4 is 17.3 Å². The number of hydrogen-bond acceptors (Lipinski definition) is 3. The topological polar surface area (TPSA) is 24.5 Å². The Kier molecular flexibility index (Phi) is 4.26. The third-order valence-corrected chi connectivity index (χ3v) is 3.42. The fourth-order valence-electron chi connectivity index (χ4n) is 2.31. The molecule has 1 aromatic carbocycles. The van der Waals surface area contributed by atoms with Crippen LogP contribution in [-0.2, 0) is 4.74 Å². The highest BCUT2D eigenvalue weighted by atomic mass is 35.5. The Hall–Kier alpha value is -0.770. The van der Waals surface area contributed by atoms with Gasteiger partial charge in [-0.05, 0) is 24.6 Å². The first-order valence-electron chi connectivity index (χ1n) is 5.95. The Morgan fingerprint density at radius 1 is 1.53 bits per heavy atom. The first-order chi connectivity index (χ1) is 8.22. The molecule has 3 nitrogen and oxygen atoms in total. The minimum atomic E-state index is 0.380. The second-order valence-corrected chi connectivity index (χ2v) is 4.87. The number of aryl methyl sites for hydroxylation is 1. The summed E-state index contributed by atoms with van der Waals surface area (Å²) in [5.74, 6) is 0. The summed E-state index contributed by atoms with van der Waals surface area (Å²) in [6.07, 6.45) is 0. The van der Waals surface area contributed by atoms with Crippen LogP contribution < -0.4 is 10.2 Å². The summed E-state index contributed by atoms with van der Waals surface area (Å²) >= 11 is 6.09. The van der Waals surface area contributed by atoms with E-state index in [4.69, 9.17) is 16.3 Å². The van der Waals surface area contributed by atoms with Crippen molar-refractivity contribution in [3.63, 3.8) is 0 Å². The van der Waals surface area contributed by atoms with Gasteiger partial charge in [0.25, 0.3) is 0 Å². The van der Waals surface area contributed by atoms with Crippen molar-refractivity contribution in [2.24, 2.45) is 0 Å². The molecule has 1 heterocycles. The first kappa shape index (κ1) is 12.7. The highest BCUT2D eigenvalue weighted by molar-refractivity contribution is 6.30. The van der Waals surface area contributed by atoms with E-state index in [9.17, 15) is 0 Å². The van der Waals surface area contributed by atoms with Gasteiger partial charge in [0.2, 0.25) is 0 Å². The lowest BCUT2D eigenvalue weighted by atomic mass is 10.1. The molecular weight excluding hydrogens is 236 g/mol. The number of hydrogen-bond donors (Lipinski definition) is 1. The third kappa shape index (κ3) is 2.92. The van der Waals surface area contributed by atoms with Crippen molar-refractivity contribution < 1.29 is 4.74 Å². The maximum Gasteiger partial charge on any atom is 0.0678 e. The Morgan fingerprint density at radius 2 is 2.35 bits per heavy atom. The van der Waals surface area contributed by atoms with Crippen LogP contribution in [0.1, 0.15) is 5.56 Å².